The zero-order chi connectivity index (χ0) is 23.4. The number of benzene rings is 2. The number of carbonyl (C=O) groups excluding carboxylic acids is 1. The number of aliphatic hydroxyl groups excluding tert-OH is 1. The summed E-state index contributed by atoms with van der Waals surface area (Å²) in [5, 5.41) is 28.1. The van der Waals surface area contributed by atoms with E-state index in [0.29, 0.717) is 22.9 Å². The van der Waals surface area contributed by atoms with Gasteiger partial charge in [-0.15, -0.1) is 5.10 Å². The number of halogens is 1. The predicted molar refractivity (Wildman–Crippen MR) is 123 cm³/mol. The number of aryl methyl sites for hydroxylation is 1. The summed E-state index contributed by atoms with van der Waals surface area (Å²) in [5.41, 5.74) is 7.50. The lowest BCUT2D eigenvalue weighted by molar-refractivity contribution is 0.100. The molecule has 0 fully saturated rings. The van der Waals surface area contributed by atoms with Crippen molar-refractivity contribution in [2.45, 2.75) is 6.04 Å². The van der Waals surface area contributed by atoms with Gasteiger partial charge in [0, 0.05) is 18.9 Å². The molecule has 5 N–H and O–H groups in total. The second-order valence-corrected chi connectivity index (χ2v) is 7.46. The second kappa shape index (κ2) is 9.59. The molecule has 2 heterocycles. The van der Waals surface area contributed by atoms with Crippen LogP contribution in [0.4, 0.5) is 17.5 Å². The maximum atomic E-state index is 11.4. The Balaban J connectivity index is 1.70. The number of nitrogens with zero attached hydrogens (tertiary/aromatic N) is 6. The minimum atomic E-state index is -0.619. The van der Waals surface area contributed by atoms with Gasteiger partial charge in [0.25, 0.3) is 0 Å². The van der Waals surface area contributed by atoms with E-state index < -0.39 is 11.9 Å². The van der Waals surface area contributed by atoms with Gasteiger partial charge in [-0.2, -0.15) is 4.98 Å². The minimum absolute atomic E-state index is 0.169. The van der Waals surface area contributed by atoms with E-state index in [4.69, 9.17) is 17.3 Å². The Morgan fingerprint density at radius 2 is 2.03 bits per heavy atom. The molecule has 0 radical (unpaired) electrons. The number of aliphatic hydroxyl groups is 1. The topological polar surface area (TPSA) is 157 Å². The van der Waals surface area contributed by atoms with Gasteiger partial charge in [-0.25, -0.2) is 9.67 Å². The van der Waals surface area contributed by atoms with Crippen LogP contribution in [0.3, 0.4) is 0 Å². The third-order valence-corrected chi connectivity index (χ3v) is 5.15. The van der Waals surface area contributed by atoms with E-state index >= 15 is 0 Å². The average Bonchev–Trinajstić information content (AvgIpc) is 3.23. The van der Waals surface area contributed by atoms with Crippen LogP contribution in [0.2, 0.25) is 5.02 Å². The molecule has 1 amide bonds. The van der Waals surface area contributed by atoms with Crippen molar-refractivity contribution >= 4 is 35.0 Å². The molecular formula is C21H20ClN9O2. The number of rotatable bonds is 8. The average molecular weight is 466 g/mol. The highest BCUT2D eigenvalue weighted by Crippen LogP contribution is 2.29. The molecule has 0 unspecified atom stereocenters. The van der Waals surface area contributed by atoms with Crippen LogP contribution in [0.5, 0.6) is 0 Å². The first-order chi connectivity index (χ1) is 16.0. The standard InChI is InChI=1S/C21H20ClN9O2/c1-31-20(28-29-30-31)15-10-24-21(25-13-7-8-14(18(23)33)16(22)9-13)27-19(15)26-17(11-32)12-5-3-2-4-6-12/h2-10,17,32H,11H2,1H3,(H2,23,33)(H2,24,25,26,27)/t17-/m1/s1. The molecule has 33 heavy (non-hydrogen) atoms. The van der Waals surface area contributed by atoms with E-state index in [-0.39, 0.29) is 23.1 Å². The fraction of sp³-hybridized carbons (Fsp3) is 0.143. The van der Waals surface area contributed by atoms with E-state index in [2.05, 4.69) is 36.1 Å². The number of nitrogens with one attached hydrogen (secondary N) is 2. The van der Waals surface area contributed by atoms with Crippen LogP contribution in [0.25, 0.3) is 11.4 Å². The van der Waals surface area contributed by atoms with Gasteiger partial charge in [0.1, 0.15) is 5.82 Å². The Morgan fingerprint density at radius 3 is 2.67 bits per heavy atom. The van der Waals surface area contributed by atoms with Crippen molar-refractivity contribution < 1.29 is 9.90 Å². The Kier molecular flexibility index (Phi) is 6.43. The summed E-state index contributed by atoms with van der Waals surface area (Å²) >= 11 is 6.14. The van der Waals surface area contributed by atoms with E-state index in [1.807, 2.05) is 30.3 Å². The second-order valence-electron chi connectivity index (χ2n) is 7.06. The number of hydrogen-bond donors (Lipinski definition) is 4. The first-order valence-electron chi connectivity index (χ1n) is 9.84. The van der Waals surface area contributed by atoms with Gasteiger partial charge in [0.2, 0.25) is 11.9 Å². The summed E-state index contributed by atoms with van der Waals surface area (Å²) in [6, 6.07) is 13.8. The fourth-order valence-electron chi connectivity index (χ4n) is 3.18. The summed E-state index contributed by atoms with van der Waals surface area (Å²) in [7, 11) is 1.70. The Hall–Kier alpha value is -4.09. The zero-order valence-corrected chi connectivity index (χ0v) is 18.2. The highest BCUT2D eigenvalue weighted by Gasteiger charge is 2.19. The van der Waals surface area contributed by atoms with Gasteiger partial charge >= 0.3 is 0 Å². The fourth-order valence-corrected chi connectivity index (χ4v) is 3.45. The van der Waals surface area contributed by atoms with Crippen LogP contribution in [0.15, 0.2) is 54.7 Å². The third-order valence-electron chi connectivity index (χ3n) is 4.84. The van der Waals surface area contributed by atoms with Crippen molar-refractivity contribution in [1.82, 2.24) is 30.2 Å². The molecule has 4 rings (SSSR count). The molecule has 0 aliphatic heterocycles. The maximum Gasteiger partial charge on any atom is 0.250 e. The summed E-state index contributed by atoms with van der Waals surface area (Å²) in [4.78, 5) is 20.3. The molecule has 0 spiro atoms. The minimum Gasteiger partial charge on any atom is -0.394 e. The molecule has 4 aromatic rings. The molecule has 0 bridgehead atoms. The van der Waals surface area contributed by atoms with Crippen LogP contribution in [-0.2, 0) is 7.05 Å². The summed E-state index contributed by atoms with van der Waals surface area (Å²) in [6.07, 6.45) is 1.57. The predicted octanol–water partition coefficient (Wildman–Crippen LogP) is 2.31. The van der Waals surface area contributed by atoms with Crippen LogP contribution in [0, 0.1) is 0 Å². The summed E-state index contributed by atoms with van der Waals surface area (Å²) in [5.74, 6) is 0.492. The van der Waals surface area contributed by atoms with E-state index in [1.54, 1.807) is 25.4 Å². The van der Waals surface area contributed by atoms with Crippen LogP contribution < -0.4 is 16.4 Å². The number of amides is 1. The Bertz CT molecular complexity index is 1280. The SMILES string of the molecule is Cn1nnnc1-c1cnc(Nc2ccc(C(N)=O)c(Cl)c2)nc1N[C@H](CO)c1ccccc1. The Labute approximate surface area is 193 Å². The molecule has 0 saturated carbocycles. The number of hydrogen-bond acceptors (Lipinski definition) is 9. The number of tetrazole rings is 1. The van der Waals surface area contributed by atoms with Crippen LogP contribution in [0.1, 0.15) is 22.0 Å². The molecule has 168 valence electrons. The quantitative estimate of drug-likeness (QED) is 0.306. The maximum absolute atomic E-state index is 11.4. The molecule has 2 aromatic carbocycles. The number of anilines is 3. The molecule has 0 saturated heterocycles. The molecule has 2 aromatic heterocycles. The van der Waals surface area contributed by atoms with Crippen LogP contribution >= 0.6 is 11.6 Å². The molecule has 0 aliphatic rings. The molecular weight excluding hydrogens is 446 g/mol. The summed E-state index contributed by atoms with van der Waals surface area (Å²) in [6.45, 7) is -0.169. The van der Waals surface area contributed by atoms with Gasteiger partial charge in [-0.05, 0) is 34.2 Å². The monoisotopic (exact) mass is 465 g/mol. The van der Waals surface area contributed by atoms with Crippen molar-refractivity contribution in [3.63, 3.8) is 0 Å². The first-order valence-corrected chi connectivity index (χ1v) is 10.2. The van der Waals surface area contributed by atoms with E-state index in [1.165, 1.54) is 10.7 Å². The molecule has 11 nitrogen and oxygen atoms in total. The molecule has 12 heteroatoms. The largest absolute Gasteiger partial charge is 0.394 e. The van der Waals surface area contributed by atoms with E-state index in [0.717, 1.165) is 5.56 Å². The van der Waals surface area contributed by atoms with Crippen molar-refractivity contribution in [3.05, 3.63) is 70.9 Å². The van der Waals surface area contributed by atoms with Crippen molar-refractivity contribution in [2.75, 3.05) is 17.2 Å². The lowest BCUT2D eigenvalue weighted by Gasteiger charge is -2.19. The lowest BCUT2D eigenvalue weighted by atomic mass is 10.1. The lowest BCUT2D eigenvalue weighted by Crippen LogP contribution is -2.17. The first kappa shape index (κ1) is 22.1. The summed E-state index contributed by atoms with van der Waals surface area (Å²) < 4.78 is 1.50. The Morgan fingerprint density at radius 1 is 1.24 bits per heavy atom. The highest BCUT2D eigenvalue weighted by molar-refractivity contribution is 6.34. The molecule has 1 atom stereocenters. The van der Waals surface area contributed by atoms with E-state index in [9.17, 15) is 9.90 Å². The number of nitrogens with two attached hydrogens (primary N) is 1. The van der Waals surface area contributed by atoms with Gasteiger partial charge in [0.05, 0.1) is 28.8 Å². The van der Waals surface area contributed by atoms with Gasteiger partial charge in [0.15, 0.2) is 5.82 Å². The van der Waals surface area contributed by atoms with Crippen molar-refractivity contribution in [3.8, 4) is 11.4 Å². The third kappa shape index (κ3) is 4.89. The zero-order valence-electron chi connectivity index (χ0n) is 17.5. The van der Waals surface area contributed by atoms with Crippen molar-refractivity contribution in [1.29, 1.82) is 0 Å². The van der Waals surface area contributed by atoms with Crippen molar-refractivity contribution in [2.24, 2.45) is 12.8 Å². The normalized spacial score (nSPS) is 11.7. The molecule has 0 aliphatic carbocycles. The van der Waals surface area contributed by atoms with Gasteiger partial charge < -0.3 is 21.5 Å². The number of aromatic nitrogens is 6. The van der Waals surface area contributed by atoms with Gasteiger partial charge in [-0.1, -0.05) is 41.9 Å². The number of carbonyl (C=O) groups is 1. The highest BCUT2D eigenvalue weighted by atomic mass is 35.5. The van der Waals surface area contributed by atoms with Crippen LogP contribution in [-0.4, -0.2) is 47.8 Å². The van der Waals surface area contributed by atoms with Gasteiger partial charge in [-0.3, -0.25) is 4.79 Å². The number of primary amides is 1. The smallest absolute Gasteiger partial charge is 0.250 e.